The molecule has 0 radical (unpaired) electrons. The van der Waals surface area contributed by atoms with Crippen LogP contribution in [0.15, 0.2) is 71.6 Å². The lowest BCUT2D eigenvalue weighted by molar-refractivity contribution is -0.130. The van der Waals surface area contributed by atoms with Crippen molar-refractivity contribution in [1.29, 1.82) is 0 Å². The number of nitrogens with two attached hydrogens (primary N) is 1. The molecule has 47 heavy (non-hydrogen) atoms. The number of aromatic amines is 1. The number of halogens is 1. The fraction of sp³-hybridized carbons (Fsp3) is 0.364. The minimum absolute atomic E-state index is 0. The number of hydrogen-bond donors (Lipinski definition) is 4. The summed E-state index contributed by atoms with van der Waals surface area (Å²) in [4.78, 5) is 27.4. The molecule has 1 heterocycles. The topological polar surface area (TPSA) is 176 Å². The van der Waals surface area contributed by atoms with Gasteiger partial charge in [-0.25, -0.2) is 17.8 Å². The molecule has 12 nitrogen and oxygen atoms in total. The van der Waals surface area contributed by atoms with Crippen molar-refractivity contribution in [2.45, 2.75) is 50.0 Å². The molecular formula is C33H41ClN8O4S. The van der Waals surface area contributed by atoms with Gasteiger partial charge in [0.2, 0.25) is 21.8 Å². The van der Waals surface area contributed by atoms with Gasteiger partial charge in [0.15, 0.2) is 5.82 Å². The second-order valence-electron chi connectivity index (χ2n) is 12.0. The molecule has 1 saturated carbocycles. The van der Waals surface area contributed by atoms with Crippen molar-refractivity contribution in [3.63, 3.8) is 0 Å². The van der Waals surface area contributed by atoms with Crippen LogP contribution in [0.3, 0.4) is 0 Å². The molecule has 3 aromatic carbocycles. The first-order valence-electron chi connectivity index (χ1n) is 15.3. The van der Waals surface area contributed by atoms with Gasteiger partial charge in [0.05, 0.1) is 4.90 Å². The number of sulfonamides is 1. The van der Waals surface area contributed by atoms with Crippen molar-refractivity contribution in [3.05, 3.63) is 77.9 Å². The van der Waals surface area contributed by atoms with Crippen LogP contribution >= 0.6 is 12.4 Å². The number of nitrogens with zero attached hydrogens (tertiary/aromatic N) is 4. The number of carbonyl (C=O) groups excluding carboxylic acids is 2. The molecule has 0 unspecified atom stereocenters. The average Bonchev–Trinajstić information content (AvgIpc) is 3.60. The summed E-state index contributed by atoms with van der Waals surface area (Å²) in [5.74, 6) is 0.267. The van der Waals surface area contributed by atoms with E-state index in [0.29, 0.717) is 24.0 Å². The largest absolute Gasteiger partial charge is 0.344 e. The number of benzene rings is 3. The molecule has 0 saturated heterocycles. The minimum Gasteiger partial charge on any atom is -0.344 e. The zero-order valence-corrected chi connectivity index (χ0v) is 28.3. The van der Waals surface area contributed by atoms with Gasteiger partial charge >= 0.3 is 0 Å². The molecule has 14 heteroatoms. The number of H-pyrrole nitrogens is 1. The molecule has 5 rings (SSSR count). The summed E-state index contributed by atoms with van der Waals surface area (Å²) in [6.45, 7) is 2.54. The first-order chi connectivity index (χ1) is 22.0. The Morgan fingerprint density at radius 3 is 2.36 bits per heavy atom. The van der Waals surface area contributed by atoms with E-state index in [-0.39, 0.29) is 41.5 Å². The second-order valence-corrected chi connectivity index (χ2v) is 14.2. The van der Waals surface area contributed by atoms with E-state index in [2.05, 4.69) is 31.3 Å². The third-order valence-corrected chi connectivity index (χ3v) is 10.4. The molecule has 1 aromatic heterocycles. The van der Waals surface area contributed by atoms with Crippen molar-refractivity contribution in [2.24, 2.45) is 17.6 Å². The number of aryl methyl sites for hydroxylation is 1. The summed E-state index contributed by atoms with van der Waals surface area (Å²) in [5, 5.41) is 19.8. The van der Waals surface area contributed by atoms with Crippen LogP contribution < -0.4 is 16.4 Å². The normalized spacial score (nSPS) is 17.0. The summed E-state index contributed by atoms with van der Waals surface area (Å²) in [7, 11) is -0.622. The number of amides is 2. The highest BCUT2D eigenvalue weighted by molar-refractivity contribution is 7.89. The van der Waals surface area contributed by atoms with Gasteiger partial charge in [0.25, 0.3) is 0 Å². The lowest BCUT2D eigenvalue weighted by Gasteiger charge is -2.28. The molecule has 5 N–H and O–H groups in total. The van der Waals surface area contributed by atoms with Crippen LogP contribution in [-0.4, -0.2) is 71.8 Å². The Labute approximate surface area is 281 Å². The van der Waals surface area contributed by atoms with Crippen molar-refractivity contribution >= 4 is 39.9 Å². The molecule has 0 bridgehead atoms. The highest BCUT2D eigenvalue weighted by atomic mass is 35.5. The number of hydrogen-bond acceptors (Lipinski definition) is 8. The Kier molecular flexibility index (Phi) is 11.9. The molecule has 0 aliphatic heterocycles. The van der Waals surface area contributed by atoms with E-state index in [1.165, 1.54) is 18.4 Å². The highest BCUT2D eigenvalue weighted by Crippen LogP contribution is 2.30. The Morgan fingerprint density at radius 2 is 1.72 bits per heavy atom. The third-order valence-electron chi connectivity index (χ3n) is 8.62. The highest BCUT2D eigenvalue weighted by Gasteiger charge is 2.29. The van der Waals surface area contributed by atoms with Crippen LogP contribution in [0.25, 0.3) is 22.5 Å². The number of nitrogens with one attached hydrogen (secondary N) is 3. The Hall–Kier alpha value is -4.17. The van der Waals surface area contributed by atoms with Crippen LogP contribution in [0.1, 0.15) is 36.8 Å². The molecule has 1 fully saturated rings. The number of rotatable bonds is 11. The van der Waals surface area contributed by atoms with E-state index < -0.39 is 16.1 Å². The van der Waals surface area contributed by atoms with Gasteiger partial charge in [0.1, 0.15) is 6.04 Å². The smallest absolute Gasteiger partial charge is 0.247 e. The summed E-state index contributed by atoms with van der Waals surface area (Å²) < 4.78 is 26.9. The van der Waals surface area contributed by atoms with Crippen molar-refractivity contribution in [2.75, 3.05) is 26.0 Å². The first-order valence-corrected chi connectivity index (χ1v) is 16.8. The van der Waals surface area contributed by atoms with Crippen LogP contribution in [0.5, 0.6) is 0 Å². The maximum Gasteiger partial charge on any atom is 0.247 e. The van der Waals surface area contributed by atoms with Gasteiger partial charge in [-0.2, -0.15) is 0 Å². The Morgan fingerprint density at radius 1 is 1.00 bits per heavy atom. The SMILES string of the molecule is Cc1ccc(S(=O)(=O)N(C)C)cc1-c1cccc(C[C@H](NC(=O)[C@H]2CC[C@H](CN)CC2)C(=O)Nc2ccc(-c3nnn[nH]3)cc2)c1.Cl. The van der Waals surface area contributed by atoms with Gasteiger partial charge in [-0.05, 0) is 114 Å². The predicted octanol–water partition coefficient (Wildman–Crippen LogP) is 3.95. The molecule has 1 aliphatic carbocycles. The van der Waals surface area contributed by atoms with E-state index in [1.54, 1.807) is 42.5 Å². The van der Waals surface area contributed by atoms with Gasteiger partial charge in [-0.15, -0.1) is 17.5 Å². The Balaban J connectivity index is 0.00000500. The molecule has 2 amide bonds. The van der Waals surface area contributed by atoms with Crippen molar-refractivity contribution in [1.82, 2.24) is 30.2 Å². The third kappa shape index (κ3) is 8.60. The standard InChI is InChI=1S/C33H40N8O4S.ClH/c1-21-7-16-28(46(44,45)41(2)3)19-29(21)26-6-4-5-23(17-26)18-30(36-32(42)25-10-8-22(20-34)9-11-25)33(43)35-27-14-12-24(13-15-27)31-37-39-40-38-31;/h4-7,12-17,19,22,25,30H,8-11,18,20,34H2,1-3H3,(H,35,43)(H,36,42)(H,37,38,39,40);1H/t22-,25-,30-;/m0./s1. The summed E-state index contributed by atoms with van der Waals surface area (Å²) in [6.07, 6.45) is 3.49. The second kappa shape index (κ2) is 15.6. The monoisotopic (exact) mass is 680 g/mol. The van der Waals surface area contributed by atoms with Crippen LogP contribution in [-0.2, 0) is 26.0 Å². The number of anilines is 1. The fourth-order valence-electron chi connectivity index (χ4n) is 5.77. The van der Waals surface area contributed by atoms with Crippen LogP contribution in [0.2, 0.25) is 0 Å². The molecule has 250 valence electrons. The fourth-order valence-corrected chi connectivity index (χ4v) is 6.69. The van der Waals surface area contributed by atoms with Gasteiger partial charge in [0, 0.05) is 37.7 Å². The summed E-state index contributed by atoms with van der Waals surface area (Å²) >= 11 is 0. The lowest BCUT2D eigenvalue weighted by Crippen LogP contribution is -2.48. The van der Waals surface area contributed by atoms with Gasteiger partial charge < -0.3 is 16.4 Å². The molecule has 1 atom stereocenters. The first kappa shape index (κ1) is 35.7. The molecule has 0 spiro atoms. The number of tetrazole rings is 1. The maximum atomic E-state index is 13.7. The molecular weight excluding hydrogens is 640 g/mol. The quantitative estimate of drug-likeness (QED) is 0.184. The van der Waals surface area contributed by atoms with E-state index in [4.69, 9.17) is 5.73 Å². The minimum atomic E-state index is -3.62. The number of carbonyl (C=O) groups is 2. The van der Waals surface area contributed by atoms with E-state index in [0.717, 1.165) is 53.5 Å². The van der Waals surface area contributed by atoms with Gasteiger partial charge in [-0.1, -0.05) is 30.3 Å². The van der Waals surface area contributed by atoms with Crippen LogP contribution in [0.4, 0.5) is 5.69 Å². The maximum absolute atomic E-state index is 13.7. The molecule has 1 aliphatic rings. The van der Waals surface area contributed by atoms with Crippen LogP contribution in [0, 0.1) is 18.8 Å². The zero-order chi connectivity index (χ0) is 32.8. The zero-order valence-electron chi connectivity index (χ0n) is 26.6. The predicted molar refractivity (Wildman–Crippen MR) is 183 cm³/mol. The van der Waals surface area contributed by atoms with E-state index >= 15 is 0 Å². The summed E-state index contributed by atoms with van der Waals surface area (Å²) in [6, 6.07) is 18.9. The molecule has 4 aromatic rings. The number of aromatic nitrogens is 4. The van der Waals surface area contributed by atoms with Crippen molar-refractivity contribution in [3.8, 4) is 22.5 Å². The average molecular weight is 681 g/mol. The van der Waals surface area contributed by atoms with Gasteiger partial charge in [-0.3, -0.25) is 9.59 Å². The van der Waals surface area contributed by atoms with E-state index in [9.17, 15) is 18.0 Å². The Bertz CT molecular complexity index is 1770. The lowest BCUT2D eigenvalue weighted by atomic mass is 9.81. The summed E-state index contributed by atoms with van der Waals surface area (Å²) in [5.41, 5.74) is 10.5. The van der Waals surface area contributed by atoms with Crippen molar-refractivity contribution < 1.29 is 18.0 Å². The van der Waals surface area contributed by atoms with E-state index in [1.807, 2.05) is 31.2 Å².